The molecule has 2 aromatic rings. The lowest BCUT2D eigenvalue weighted by Gasteiger charge is -2.10. The third-order valence-corrected chi connectivity index (χ3v) is 6.13. The second kappa shape index (κ2) is 8.17. The van der Waals surface area contributed by atoms with E-state index in [1.165, 1.54) is 26.2 Å². The summed E-state index contributed by atoms with van der Waals surface area (Å²) in [7, 11) is 0.955. The molecule has 10 heteroatoms. The van der Waals surface area contributed by atoms with E-state index in [9.17, 15) is 13.2 Å². The number of amides is 1. The van der Waals surface area contributed by atoms with Gasteiger partial charge in [-0.15, -0.1) is 0 Å². The largest absolute Gasteiger partial charge is 0.431 e. The van der Waals surface area contributed by atoms with Gasteiger partial charge in [0.05, 0.1) is 16.8 Å². The summed E-state index contributed by atoms with van der Waals surface area (Å²) in [6.45, 7) is 2.61. The van der Waals surface area contributed by atoms with Crippen LogP contribution in [0.5, 0.6) is 0 Å². The second-order valence-corrected chi connectivity index (χ2v) is 8.88. The number of benzene rings is 1. The Morgan fingerprint density at radius 1 is 1.44 bits per heavy atom. The van der Waals surface area contributed by atoms with Gasteiger partial charge in [0.25, 0.3) is 5.22 Å². The van der Waals surface area contributed by atoms with E-state index in [0.29, 0.717) is 29.5 Å². The number of methoxy groups -OCH3 is 1. The van der Waals surface area contributed by atoms with E-state index in [2.05, 4.69) is 10.3 Å². The van der Waals surface area contributed by atoms with Gasteiger partial charge in [-0.1, -0.05) is 11.8 Å². The molecule has 138 valence electrons. The Morgan fingerprint density at radius 3 is 2.80 bits per heavy atom. The first kappa shape index (κ1) is 19.7. The number of nitrogens with zero attached hydrogens (tertiary/aromatic N) is 2. The molecule has 1 aromatic carbocycles. The molecule has 0 radical (unpaired) electrons. The average molecular weight is 387 g/mol. The molecule has 0 fully saturated rings. The van der Waals surface area contributed by atoms with Crippen molar-refractivity contribution in [3.63, 3.8) is 0 Å². The maximum atomic E-state index is 12.2. The van der Waals surface area contributed by atoms with E-state index in [-0.39, 0.29) is 10.8 Å². The number of carbonyl (C=O) groups excluding carboxylic acids is 1. The molecule has 2 rings (SSSR count). The van der Waals surface area contributed by atoms with Gasteiger partial charge in [-0.05, 0) is 25.1 Å². The van der Waals surface area contributed by atoms with Gasteiger partial charge in [-0.3, -0.25) is 4.79 Å². The first-order valence-corrected chi connectivity index (χ1v) is 9.84. The Kier molecular flexibility index (Phi) is 6.44. The highest BCUT2D eigenvalue weighted by molar-refractivity contribution is 8.00. The van der Waals surface area contributed by atoms with Crippen LogP contribution in [0.4, 0.5) is 0 Å². The van der Waals surface area contributed by atoms with Gasteiger partial charge in [0.2, 0.25) is 15.9 Å². The predicted molar refractivity (Wildman–Crippen MR) is 95.1 cm³/mol. The van der Waals surface area contributed by atoms with Gasteiger partial charge in [-0.2, -0.15) is 0 Å². The lowest BCUT2D eigenvalue weighted by Crippen LogP contribution is -2.33. The SMILES string of the molecule is COCCNC(=O)[C@@H](C)Sc1nc2cc(S(=O)(=O)N(C)C)ccc2o1. The summed E-state index contributed by atoms with van der Waals surface area (Å²) in [4.78, 5) is 16.4. The van der Waals surface area contributed by atoms with Gasteiger partial charge in [0, 0.05) is 27.7 Å². The molecule has 0 aliphatic carbocycles. The van der Waals surface area contributed by atoms with Crippen LogP contribution < -0.4 is 5.32 Å². The molecule has 1 atom stereocenters. The molecule has 1 N–H and O–H groups in total. The summed E-state index contributed by atoms with van der Waals surface area (Å²) < 4.78 is 35.9. The Labute approximate surface area is 151 Å². The smallest absolute Gasteiger partial charge is 0.257 e. The van der Waals surface area contributed by atoms with Gasteiger partial charge >= 0.3 is 0 Å². The van der Waals surface area contributed by atoms with Crippen LogP contribution in [-0.4, -0.2) is 63.2 Å². The zero-order valence-corrected chi connectivity index (χ0v) is 16.1. The van der Waals surface area contributed by atoms with E-state index < -0.39 is 15.3 Å². The van der Waals surface area contributed by atoms with Gasteiger partial charge in [-0.25, -0.2) is 17.7 Å². The van der Waals surface area contributed by atoms with Crippen molar-refractivity contribution in [3.8, 4) is 0 Å². The highest BCUT2D eigenvalue weighted by Gasteiger charge is 2.21. The predicted octanol–water partition coefficient (Wildman–Crippen LogP) is 1.32. The summed E-state index contributed by atoms with van der Waals surface area (Å²) in [6, 6.07) is 4.49. The number of fused-ring (bicyclic) bond motifs is 1. The van der Waals surface area contributed by atoms with Crippen LogP contribution in [0.1, 0.15) is 6.92 Å². The first-order valence-electron chi connectivity index (χ1n) is 7.52. The number of hydrogen-bond donors (Lipinski definition) is 1. The third-order valence-electron chi connectivity index (χ3n) is 3.37. The number of aromatic nitrogens is 1. The van der Waals surface area contributed by atoms with Crippen molar-refractivity contribution < 1.29 is 22.4 Å². The van der Waals surface area contributed by atoms with E-state index in [1.807, 2.05) is 0 Å². The van der Waals surface area contributed by atoms with Crippen LogP contribution in [-0.2, 0) is 19.6 Å². The van der Waals surface area contributed by atoms with Crippen molar-refractivity contribution in [1.82, 2.24) is 14.6 Å². The van der Waals surface area contributed by atoms with E-state index in [1.54, 1.807) is 20.1 Å². The molecule has 8 nitrogen and oxygen atoms in total. The van der Waals surface area contributed by atoms with E-state index >= 15 is 0 Å². The summed E-state index contributed by atoms with van der Waals surface area (Å²) >= 11 is 1.16. The Balaban J connectivity index is 2.15. The number of carbonyl (C=O) groups is 1. The molecule has 1 aromatic heterocycles. The van der Waals surface area contributed by atoms with Gasteiger partial charge < -0.3 is 14.5 Å². The van der Waals surface area contributed by atoms with Crippen molar-refractivity contribution in [3.05, 3.63) is 18.2 Å². The fourth-order valence-electron chi connectivity index (χ4n) is 1.93. The Hall–Kier alpha value is -1.62. The molecule has 0 spiro atoms. The van der Waals surface area contributed by atoms with Crippen molar-refractivity contribution in [2.75, 3.05) is 34.4 Å². The summed E-state index contributed by atoms with van der Waals surface area (Å²) in [5.74, 6) is -0.153. The zero-order valence-electron chi connectivity index (χ0n) is 14.5. The minimum atomic E-state index is -3.54. The van der Waals surface area contributed by atoms with Crippen LogP contribution in [0.2, 0.25) is 0 Å². The minimum Gasteiger partial charge on any atom is -0.431 e. The zero-order chi connectivity index (χ0) is 18.6. The summed E-state index contributed by atoms with van der Waals surface area (Å²) in [5, 5.41) is 2.64. The number of ether oxygens (including phenoxy) is 1. The molecular weight excluding hydrogens is 366 g/mol. The quantitative estimate of drug-likeness (QED) is 0.538. The molecular formula is C15H21N3O5S2. The van der Waals surface area contributed by atoms with E-state index in [0.717, 1.165) is 16.1 Å². The monoisotopic (exact) mass is 387 g/mol. The maximum absolute atomic E-state index is 12.2. The molecule has 25 heavy (non-hydrogen) atoms. The highest BCUT2D eigenvalue weighted by atomic mass is 32.2. The van der Waals surface area contributed by atoms with Crippen molar-refractivity contribution >= 4 is 38.8 Å². The first-order chi connectivity index (χ1) is 11.8. The lowest BCUT2D eigenvalue weighted by molar-refractivity contribution is -0.120. The molecule has 0 aliphatic heterocycles. The summed E-state index contributed by atoms with van der Waals surface area (Å²) in [5.41, 5.74) is 0.893. The Morgan fingerprint density at radius 2 is 2.16 bits per heavy atom. The van der Waals surface area contributed by atoms with Gasteiger partial charge in [0.1, 0.15) is 5.52 Å². The third kappa shape index (κ3) is 4.72. The molecule has 0 bridgehead atoms. The number of rotatable bonds is 8. The van der Waals surface area contributed by atoms with Crippen LogP contribution >= 0.6 is 11.8 Å². The van der Waals surface area contributed by atoms with Crippen LogP contribution in [0.25, 0.3) is 11.1 Å². The number of nitrogens with one attached hydrogen (secondary N) is 1. The number of hydrogen-bond acceptors (Lipinski definition) is 7. The van der Waals surface area contributed by atoms with Gasteiger partial charge in [0.15, 0.2) is 5.58 Å². The molecule has 1 amide bonds. The molecule has 1 heterocycles. The standard InChI is InChI=1S/C15H21N3O5S2/c1-10(14(19)16-7-8-22-4)24-15-17-12-9-11(5-6-13(12)23-15)25(20,21)18(2)3/h5-6,9-10H,7-8H2,1-4H3,(H,16,19)/t10-/m1/s1. The topological polar surface area (TPSA) is 102 Å². The van der Waals surface area contributed by atoms with Crippen LogP contribution in [0, 0.1) is 0 Å². The number of sulfonamides is 1. The lowest BCUT2D eigenvalue weighted by atomic mass is 10.3. The molecule has 0 unspecified atom stereocenters. The van der Waals surface area contributed by atoms with Crippen molar-refractivity contribution in [2.45, 2.75) is 22.3 Å². The normalized spacial score (nSPS) is 13.3. The average Bonchev–Trinajstić information content (AvgIpc) is 2.95. The molecule has 0 aliphatic rings. The number of thioether (sulfide) groups is 1. The van der Waals surface area contributed by atoms with Crippen LogP contribution in [0.15, 0.2) is 32.7 Å². The van der Waals surface area contributed by atoms with Crippen LogP contribution in [0.3, 0.4) is 0 Å². The number of oxazole rings is 1. The fraction of sp³-hybridized carbons (Fsp3) is 0.467. The molecule has 0 saturated heterocycles. The van der Waals surface area contributed by atoms with Crippen molar-refractivity contribution in [2.24, 2.45) is 0 Å². The van der Waals surface area contributed by atoms with Crippen molar-refractivity contribution in [1.29, 1.82) is 0 Å². The second-order valence-electron chi connectivity index (χ2n) is 5.44. The highest BCUT2D eigenvalue weighted by Crippen LogP contribution is 2.28. The van der Waals surface area contributed by atoms with E-state index in [4.69, 9.17) is 9.15 Å². The minimum absolute atomic E-state index is 0.139. The fourth-order valence-corrected chi connectivity index (χ4v) is 3.64. The summed E-state index contributed by atoms with van der Waals surface area (Å²) in [6.07, 6.45) is 0. The Bertz CT molecular complexity index is 848. The maximum Gasteiger partial charge on any atom is 0.257 e. The molecule has 0 saturated carbocycles.